The molecule has 1 aliphatic rings. The molecule has 1 aliphatic carbocycles. The van der Waals surface area contributed by atoms with Gasteiger partial charge in [-0.3, -0.25) is 4.79 Å². The molecule has 122 valence electrons. The van der Waals surface area contributed by atoms with E-state index in [0.29, 0.717) is 28.9 Å². The number of nitrogens with one attached hydrogen (secondary N) is 1. The van der Waals surface area contributed by atoms with Gasteiger partial charge in [-0.1, -0.05) is 31.8 Å². The van der Waals surface area contributed by atoms with E-state index in [9.17, 15) is 9.59 Å². The lowest BCUT2D eigenvalue weighted by atomic mass is 9.78. The molecular weight excluding hydrogens is 284 g/mol. The SMILES string of the molecule is Cc1noc(C)c1C(=O)OCC(=O)NC1CCCC(C)C1C. The first-order chi connectivity index (χ1) is 10.4. The zero-order valence-electron chi connectivity index (χ0n) is 13.6. The highest BCUT2D eigenvalue weighted by atomic mass is 16.5. The number of hydrogen-bond donors (Lipinski definition) is 1. The van der Waals surface area contributed by atoms with Crippen LogP contribution in [0.25, 0.3) is 0 Å². The summed E-state index contributed by atoms with van der Waals surface area (Å²) in [6.45, 7) is 7.39. The van der Waals surface area contributed by atoms with Gasteiger partial charge in [0.25, 0.3) is 5.91 Å². The van der Waals surface area contributed by atoms with Crippen LogP contribution >= 0.6 is 0 Å². The molecule has 3 unspecified atom stereocenters. The van der Waals surface area contributed by atoms with Crippen molar-refractivity contribution >= 4 is 11.9 Å². The summed E-state index contributed by atoms with van der Waals surface area (Å²) in [5.74, 6) is 0.611. The quantitative estimate of drug-likeness (QED) is 0.864. The van der Waals surface area contributed by atoms with Gasteiger partial charge in [-0.2, -0.15) is 0 Å². The smallest absolute Gasteiger partial charge is 0.344 e. The molecule has 0 saturated heterocycles. The molecule has 2 rings (SSSR count). The molecule has 1 heterocycles. The number of rotatable bonds is 4. The fourth-order valence-corrected chi connectivity index (χ4v) is 3.01. The number of aromatic nitrogens is 1. The van der Waals surface area contributed by atoms with Crippen molar-refractivity contribution in [1.82, 2.24) is 10.5 Å². The number of carbonyl (C=O) groups excluding carboxylic acids is 2. The standard InChI is InChI=1S/C16H24N2O4/c1-9-6-5-7-13(10(9)2)17-14(19)8-21-16(20)15-11(3)18-22-12(15)4/h9-10,13H,5-8H2,1-4H3,(H,17,19). The van der Waals surface area contributed by atoms with Crippen molar-refractivity contribution in [3.05, 3.63) is 17.0 Å². The third-order valence-electron chi connectivity index (χ3n) is 4.63. The number of hydrogen-bond acceptors (Lipinski definition) is 5. The highest BCUT2D eigenvalue weighted by Gasteiger charge is 2.28. The number of ether oxygens (including phenoxy) is 1. The molecule has 0 aliphatic heterocycles. The molecule has 3 atom stereocenters. The summed E-state index contributed by atoms with van der Waals surface area (Å²) in [7, 11) is 0. The van der Waals surface area contributed by atoms with Crippen LogP contribution in [0.4, 0.5) is 0 Å². The number of aryl methyl sites for hydroxylation is 2. The predicted molar refractivity (Wildman–Crippen MR) is 80.4 cm³/mol. The third kappa shape index (κ3) is 3.67. The van der Waals surface area contributed by atoms with Gasteiger partial charge in [0.05, 0.1) is 5.69 Å². The normalized spacial score (nSPS) is 24.8. The number of esters is 1. The summed E-state index contributed by atoms with van der Waals surface area (Å²) in [5.41, 5.74) is 0.769. The minimum absolute atomic E-state index is 0.161. The minimum atomic E-state index is -0.573. The molecule has 1 amide bonds. The molecule has 0 aromatic carbocycles. The fourth-order valence-electron chi connectivity index (χ4n) is 3.01. The molecule has 0 radical (unpaired) electrons. The minimum Gasteiger partial charge on any atom is -0.452 e. The Balaban J connectivity index is 1.84. The molecule has 0 bridgehead atoms. The Hall–Kier alpha value is -1.85. The maximum Gasteiger partial charge on any atom is 0.344 e. The molecule has 1 fully saturated rings. The molecule has 6 nitrogen and oxygen atoms in total. The van der Waals surface area contributed by atoms with Crippen molar-refractivity contribution in [2.24, 2.45) is 11.8 Å². The Morgan fingerprint density at radius 2 is 2.05 bits per heavy atom. The van der Waals surface area contributed by atoms with Crippen LogP contribution in [0.15, 0.2) is 4.52 Å². The van der Waals surface area contributed by atoms with E-state index in [4.69, 9.17) is 9.26 Å². The highest BCUT2D eigenvalue weighted by molar-refractivity contribution is 5.93. The largest absolute Gasteiger partial charge is 0.452 e. The van der Waals surface area contributed by atoms with Crippen LogP contribution in [-0.4, -0.2) is 29.7 Å². The second kappa shape index (κ2) is 6.94. The lowest BCUT2D eigenvalue weighted by Gasteiger charge is -2.34. The summed E-state index contributed by atoms with van der Waals surface area (Å²) >= 11 is 0. The summed E-state index contributed by atoms with van der Waals surface area (Å²) in [6.07, 6.45) is 3.30. The predicted octanol–water partition coefficient (Wildman–Crippen LogP) is 2.39. The van der Waals surface area contributed by atoms with Crippen molar-refractivity contribution in [1.29, 1.82) is 0 Å². The molecule has 1 saturated carbocycles. The van der Waals surface area contributed by atoms with Crippen LogP contribution in [0.1, 0.15) is 54.9 Å². The Kier molecular flexibility index (Phi) is 5.21. The number of amides is 1. The maximum atomic E-state index is 12.0. The van der Waals surface area contributed by atoms with Gasteiger partial charge in [0, 0.05) is 6.04 Å². The van der Waals surface area contributed by atoms with Crippen molar-refractivity contribution < 1.29 is 18.8 Å². The second-order valence-corrected chi connectivity index (χ2v) is 6.22. The molecule has 1 N–H and O–H groups in total. The zero-order chi connectivity index (χ0) is 16.3. The van der Waals surface area contributed by atoms with Gasteiger partial charge in [0.2, 0.25) is 0 Å². The van der Waals surface area contributed by atoms with Crippen molar-refractivity contribution in [3.63, 3.8) is 0 Å². The first kappa shape index (κ1) is 16.5. The van der Waals surface area contributed by atoms with E-state index in [2.05, 4.69) is 24.3 Å². The molecule has 0 spiro atoms. The lowest BCUT2D eigenvalue weighted by Crippen LogP contribution is -2.45. The monoisotopic (exact) mass is 308 g/mol. The lowest BCUT2D eigenvalue weighted by molar-refractivity contribution is -0.125. The van der Waals surface area contributed by atoms with Crippen LogP contribution < -0.4 is 5.32 Å². The molecule has 1 aromatic heterocycles. The van der Waals surface area contributed by atoms with Gasteiger partial charge in [0.1, 0.15) is 11.3 Å². The second-order valence-electron chi connectivity index (χ2n) is 6.22. The van der Waals surface area contributed by atoms with Crippen molar-refractivity contribution in [2.75, 3.05) is 6.61 Å². The van der Waals surface area contributed by atoms with Gasteiger partial charge < -0.3 is 14.6 Å². The van der Waals surface area contributed by atoms with Crippen LogP contribution in [0, 0.1) is 25.7 Å². The zero-order valence-corrected chi connectivity index (χ0v) is 13.6. The van der Waals surface area contributed by atoms with E-state index in [1.165, 1.54) is 6.42 Å². The summed E-state index contributed by atoms with van der Waals surface area (Å²) < 4.78 is 9.98. The van der Waals surface area contributed by atoms with Crippen molar-refractivity contribution in [3.8, 4) is 0 Å². The van der Waals surface area contributed by atoms with E-state index in [1.807, 2.05) is 0 Å². The summed E-state index contributed by atoms with van der Waals surface area (Å²) in [5, 5.41) is 6.67. The highest BCUT2D eigenvalue weighted by Crippen LogP contribution is 2.29. The molecule has 22 heavy (non-hydrogen) atoms. The van der Waals surface area contributed by atoms with Crippen LogP contribution in [0.3, 0.4) is 0 Å². The first-order valence-corrected chi connectivity index (χ1v) is 7.79. The third-order valence-corrected chi connectivity index (χ3v) is 4.63. The van der Waals surface area contributed by atoms with Gasteiger partial charge in [0.15, 0.2) is 6.61 Å². The van der Waals surface area contributed by atoms with E-state index < -0.39 is 5.97 Å². The van der Waals surface area contributed by atoms with E-state index >= 15 is 0 Å². The molecular formula is C16H24N2O4. The Morgan fingerprint density at radius 3 is 2.68 bits per heavy atom. The maximum absolute atomic E-state index is 12.0. The van der Waals surface area contributed by atoms with Crippen LogP contribution in [0.2, 0.25) is 0 Å². The first-order valence-electron chi connectivity index (χ1n) is 7.79. The Bertz CT molecular complexity index is 533. The number of nitrogens with zero attached hydrogens (tertiary/aromatic N) is 1. The topological polar surface area (TPSA) is 81.4 Å². The van der Waals surface area contributed by atoms with E-state index in [-0.39, 0.29) is 18.6 Å². The molecule has 1 aromatic rings. The van der Waals surface area contributed by atoms with Crippen LogP contribution in [0.5, 0.6) is 0 Å². The Labute approximate surface area is 130 Å². The van der Waals surface area contributed by atoms with E-state index in [1.54, 1.807) is 13.8 Å². The fraction of sp³-hybridized carbons (Fsp3) is 0.688. The van der Waals surface area contributed by atoms with Gasteiger partial charge in [-0.15, -0.1) is 0 Å². The van der Waals surface area contributed by atoms with Gasteiger partial charge in [-0.05, 0) is 32.1 Å². The summed E-state index contributed by atoms with van der Waals surface area (Å²) in [4.78, 5) is 23.9. The van der Waals surface area contributed by atoms with Gasteiger partial charge in [-0.25, -0.2) is 4.79 Å². The molecule has 6 heteroatoms. The van der Waals surface area contributed by atoms with Crippen LogP contribution in [-0.2, 0) is 9.53 Å². The van der Waals surface area contributed by atoms with Gasteiger partial charge >= 0.3 is 5.97 Å². The van der Waals surface area contributed by atoms with E-state index in [0.717, 1.165) is 12.8 Å². The summed E-state index contributed by atoms with van der Waals surface area (Å²) in [6, 6.07) is 0.161. The van der Waals surface area contributed by atoms with Crippen molar-refractivity contribution in [2.45, 2.75) is 53.0 Å². The average molecular weight is 308 g/mol. The average Bonchev–Trinajstić information content (AvgIpc) is 2.81. The number of carbonyl (C=O) groups is 2. The Morgan fingerprint density at radius 1 is 1.32 bits per heavy atom.